The van der Waals surface area contributed by atoms with Gasteiger partial charge in [-0.1, -0.05) is 17.7 Å². The smallest absolute Gasteiger partial charge is 0.163 e. The molecule has 0 saturated heterocycles. The first-order valence-corrected chi connectivity index (χ1v) is 9.72. The molecule has 4 aromatic rings. The number of nitrogens with zero attached hydrogens (tertiary/aromatic N) is 4. The molecular formula is C22H22ClN5O. The van der Waals surface area contributed by atoms with Crippen LogP contribution in [0.5, 0.6) is 11.5 Å². The first-order chi connectivity index (χ1) is 13.9. The molecule has 0 aliphatic heterocycles. The molecule has 7 heteroatoms. The largest absolute Gasteiger partial charge is 0.457 e. The van der Waals surface area contributed by atoms with Crippen LogP contribution in [0, 0.1) is 20.8 Å². The van der Waals surface area contributed by atoms with Crippen molar-refractivity contribution in [3.8, 4) is 11.5 Å². The van der Waals surface area contributed by atoms with Gasteiger partial charge in [-0.05, 0) is 62.2 Å². The zero-order valence-corrected chi connectivity index (χ0v) is 17.6. The third kappa shape index (κ3) is 4.03. The average molecular weight is 408 g/mol. The predicted molar refractivity (Wildman–Crippen MR) is 116 cm³/mol. The Hall–Kier alpha value is -3.12. The van der Waals surface area contributed by atoms with E-state index in [1.807, 2.05) is 44.3 Å². The van der Waals surface area contributed by atoms with Crippen molar-refractivity contribution in [2.75, 3.05) is 5.32 Å². The van der Waals surface area contributed by atoms with Crippen LogP contribution in [0.3, 0.4) is 0 Å². The Kier molecular flexibility index (Phi) is 5.11. The van der Waals surface area contributed by atoms with Gasteiger partial charge >= 0.3 is 0 Å². The maximum absolute atomic E-state index is 6.25. The summed E-state index contributed by atoms with van der Waals surface area (Å²) in [6.07, 6.45) is 1.77. The number of halogens is 1. The molecule has 0 bridgehead atoms. The summed E-state index contributed by atoms with van der Waals surface area (Å²) >= 11 is 6.25. The molecule has 2 heterocycles. The molecule has 29 heavy (non-hydrogen) atoms. The number of nitrogens with one attached hydrogen (secondary N) is 1. The maximum Gasteiger partial charge on any atom is 0.163 e. The molecule has 0 saturated carbocycles. The van der Waals surface area contributed by atoms with Crippen LogP contribution in [-0.4, -0.2) is 19.7 Å². The summed E-state index contributed by atoms with van der Waals surface area (Å²) < 4.78 is 7.90. The molecule has 0 amide bonds. The molecule has 4 rings (SSSR count). The summed E-state index contributed by atoms with van der Waals surface area (Å²) in [7, 11) is 1.87. The fraction of sp³-hybridized carbons (Fsp3) is 0.227. The molecule has 0 aliphatic rings. The lowest BCUT2D eigenvalue weighted by Gasteiger charge is -2.14. The lowest BCUT2D eigenvalue weighted by Crippen LogP contribution is -2.06. The molecule has 0 spiro atoms. The minimum atomic E-state index is 0.501. The van der Waals surface area contributed by atoms with Gasteiger partial charge in [-0.15, -0.1) is 0 Å². The van der Waals surface area contributed by atoms with Gasteiger partial charge in [-0.25, -0.2) is 9.97 Å². The summed E-state index contributed by atoms with van der Waals surface area (Å²) in [4.78, 5) is 8.99. The van der Waals surface area contributed by atoms with Gasteiger partial charge in [-0.3, -0.25) is 4.68 Å². The Morgan fingerprint density at radius 3 is 2.66 bits per heavy atom. The van der Waals surface area contributed by atoms with Gasteiger partial charge in [0.25, 0.3) is 0 Å². The van der Waals surface area contributed by atoms with E-state index in [1.54, 1.807) is 10.9 Å². The quantitative estimate of drug-likeness (QED) is 0.483. The molecule has 0 radical (unpaired) electrons. The maximum atomic E-state index is 6.25. The van der Waals surface area contributed by atoms with Crippen LogP contribution in [0.15, 0.2) is 42.6 Å². The fourth-order valence-corrected chi connectivity index (χ4v) is 3.33. The minimum absolute atomic E-state index is 0.501. The van der Waals surface area contributed by atoms with Gasteiger partial charge in [0.1, 0.15) is 23.1 Å². The molecule has 0 aliphatic carbocycles. The van der Waals surface area contributed by atoms with Crippen molar-refractivity contribution >= 4 is 28.5 Å². The Morgan fingerprint density at radius 1 is 1.03 bits per heavy atom. The van der Waals surface area contributed by atoms with Gasteiger partial charge in [0, 0.05) is 24.2 Å². The topological polar surface area (TPSA) is 64.9 Å². The zero-order valence-electron chi connectivity index (χ0n) is 16.8. The molecule has 0 atom stereocenters. The van der Waals surface area contributed by atoms with Crippen LogP contribution < -0.4 is 10.1 Å². The van der Waals surface area contributed by atoms with E-state index in [2.05, 4.69) is 40.3 Å². The summed E-state index contributed by atoms with van der Waals surface area (Å²) in [5.74, 6) is 2.96. The van der Waals surface area contributed by atoms with Gasteiger partial charge in [0.15, 0.2) is 5.65 Å². The molecular weight excluding hydrogens is 386 g/mol. The zero-order chi connectivity index (χ0) is 20.5. The highest BCUT2D eigenvalue weighted by Gasteiger charge is 2.12. The summed E-state index contributed by atoms with van der Waals surface area (Å²) in [6.45, 7) is 6.52. The van der Waals surface area contributed by atoms with Crippen LogP contribution in [0.4, 0.5) is 5.82 Å². The van der Waals surface area contributed by atoms with E-state index < -0.39 is 0 Å². The number of ether oxygens (including phenoxy) is 1. The van der Waals surface area contributed by atoms with E-state index >= 15 is 0 Å². The lowest BCUT2D eigenvalue weighted by molar-refractivity contribution is 0.476. The number of aryl methyl sites for hydroxylation is 4. The summed E-state index contributed by atoms with van der Waals surface area (Å²) in [5.41, 5.74) is 4.14. The standard InChI is InChI=1S/C22H22ClN5O/c1-13-5-7-18(9-14(13)2)29-20-8-6-17(23)10-16(20)11-24-21-19-12-25-28(4)22(19)27-15(3)26-21/h5-10,12H,11H2,1-4H3,(H,24,26,27). The van der Waals surface area contributed by atoms with Crippen LogP contribution in [-0.2, 0) is 13.6 Å². The van der Waals surface area contributed by atoms with Gasteiger partial charge < -0.3 is 10.1 Å². The van der Waals surface area contributed by atoms with Crippen molar-refractivity contribution in [2.24, 2.45) is 7.05 Å². The van der Waals surface area contributed by atoms with Gasteiger partial charge in [-0.2, -0.15) is 5.10 Å². The highest BCUT2D eigenvalue weighted by molar-refractivity contribution is 6.30. The van der Waals surface area contributed by atoms with E-state index in [0.717, 1.165) is 33.9 Å². The van der Waals surface area contributed by atoms with E-state index in [0.29, 0.717) is 17.4 Å². The van der Waals surface area contributed by atoms with Gasteiger partial charge in [0.2, 0.25) is 0 Å². The molecule has 2 aromatic heterocycles. The number of aromatic nitrogens is 4. The first-order valence-electron chi connectivity index (χ1n) is 9.34. The van der Waals surface area contributed by atoms with Crippen LogP contribution in [0.2, 0.25) is 5.02 Å². The van der Waals surface area contributed by atoms with E-state index in [-0.39, 0.29) is 0 Å². The van der Waals surface area contributed by atoms with Gasteiger partial charge in [0.05, 0.1) is 11.6 Å². The molecule has 0 fully saturated rings. The SMILES string of the molecule is Cc1nc(NCc2cc(Cl)ccc2Oc2ccc(C)c(C)c2)c2cnn(C)c2n1. The van der Waals surface area contributed by atoms with Crippen LogP contribution in [0.25, 0.3) is 11.0 Å². The van der Waals surface area contributed by atoms with Crippen molar-refractivity contribution in [1.29, 1.82) is 0 Å². The third-order valence-electron chi connectivity index (χ3n) is 4.88. The Balaban J connectivity index is 1.62. The lowest BCUT2D eigenvalue weighted by atomic mass is 10.1. The van der Waals surface area contributed by atoms with Crippen molar-refractivity contribution in [2.45, 2.75) is 27.3 Å². The Labute approximate surface area is 174 Å². The summed E-state index contributed by atoms with van der Waals surface area (Å²) in [5, 5.41) is 9.20. The van der Waals surface area contributed by atoms with Crippen molar-refractivity contribution in [3.05, 3.63) is 70.1 Å². The normalized spacial score (nSPS) is 11.1. The Morgan fingerprint density at radius 2 is 1.86 bits per heavy atom. The van der Waals surface area contributed by atoms with Crippen LogP contribution in [0.1, 0.15) is 22.5 Å². The number of rotatable bonds is 5. The van der Waals surface area contributed by atoms with Crippen molar-refractivity contribution < 1.29 is 4.74 Å². The number of hydrogen-bond acceptors (Lipinski definition) is 5. The fourth-order valence-electron chi connectivity index (χ4n) is 3.13. The Bertz CT molecular complexity index is 1200. The van der Waals surface area contributed by atoms with E-state index in [4.69, 9.17) is 16.3 Å². The van der Waals surface area contributed by atoms with E-state index in [9.17, 15) is 0 Å². The second-order valence-electron chi connectivity index (χ2n) is 7.08. The predicted octanol–water partition coefficient (Wildman–Crippen LogP) is 5.35. The van der Waals surface area contributed by atoms with Crippen LogP contribution >= 0.6 is 11.6 Å². The van der Waals surface area contributed by atoms with Crippen molar-refractivity contribution in [1.82, 2.24) is 19.7 Å². The minimum Gasteiger partial charge on any atom is -0.457 e. The number of anilines is 1. The monoisotopic (exact) mass is 407 g/mol. The molecule has 148 valence electrons. The second-order valence-corrected chi connectivity index (χ2v) is 7.52. The average Bonchev–Trinajstić information content (AvgIpc) is 3.05. The number of hydrogen-bond donors (Lipinski definition) is 1. The molecule has 2 aromatic carbocycles. The van der Waals surface area contributed by atoms with E-state index in [1.165, 1.54) is 11.1 Å². The molecule has 0 unspecified atom stereocenters. The number of fused-ring (bicyclic) bond motifs is 1. The first kappa shape index (κ1) is 19.2. The molecule has 1 N–H and O–H groups in total. The second kappa shape index (κ2) is 7.72. The van der Waals surface area contributed by atoms with Crippen molar-refractivity contribution in [3.63, 3.8) is 0 Å². The molecule has 6 nitrogen and oxygen atoms in total. The highest BCUT2D eigenvalue weighted by atomic mass is 35.5. The number of benzene rings is 2. The summed E-state index contributed by atoms with van der Waals surface area (Å²) in [6, 6.07) is 11.7. The highest BCUT2D eigenvalue weighted by Crippen LogP contribution is 2.30. The third-order valence-corrected chi connectivity index (χ3v) is 5.11.